The first-order valence-electron chi connectivity index (χ1n) is 23.3. The Labute approximate surface area is 376 Å². The lowest BCUT2D eigenvalue weighted by molar-refractivity contribution is -0.931. The van der Waals surface area contributed by atoms with E-state index in [0.717, 1.165) is 0 Å². The van der Waals surface area contributed by atoms with Crippen molar-refractivity contribution < 1.29 is 9.13 Å². The van der Waals surface area contributed by atoms with Crippen molar-refractivity contribution in [1.29, 1.82) is 0 Å². The maximum absolute atomic E-state index is 2.80. The predicted octanol–water partition coefficient (Wildman–Crippen LogP) is 13.1. The van der Waals surface area contributed by atoms with Crippen molar-refractivity contribution >= 4 is 60.8 Å². The maximum Gasteiger partial charge on any atom is 0.319 e. The third-order valence-electron chi connectivity index (χ3n) is 16.5. The van der Waals surface area contributed by atoms with Crippen molar-refractivity contribution in [3.05, 3.63) is 220 Å². The van der Waals surface area contributed by atoms with Crippen LogP contribution < -0.4 is 14.0 Å². The number of aromatic nitrogens is 4. The van der Waals surface area contributed by atoms with Crippen LogP contribution in [0.1, 0.15) is 84.0 Å². The number of anilines is 3. The van der Waals surface area contributed by atoms with Gasteiger partial charge in [-0.3, -0.25) is 0 Å². The molecule has 7 aromatic carbocycles. The van der Waals surface area contributed by atoms with Gasteiger partial charge in [-0.25, -0.2) is 0 Å². The van der Waals surface area contributed by atoms with Gasteiger partial charge in [0.1, 0.15) is 22.3 Å². The lowest BCUT2D eigenvalue weighted by Gasteiger charge is -2.46. The quantitative estimate of drug-likeness (QED) is 0.162. The predicted molar refractivity (Wildman–Crippen MR) is 261 cm³/mol. The van der Waals surface area contributed by atoms with Gasteiger partial charge in [0.15, 0.2) is 22.6 Å². The van der Waals surface area contributed by atoms with E-state index in [1.54, 1.807) is 0 Å². The first-order valence-corrected chi connectivity index (χ1v) is 23.3. The topological polar surface area (TPSA) is 20.9 Å². The number of para-hydroxylation sites is 3. The Kier molecular flexibility index (Phi) is 6.03. The average Bonchev–Trinajstić information content (AvgIpc) is 3.98. The number of benzene rings is 7. The van der Waals surface area contributed by atoms with E-state index in [9.17, 15) is 0 Å². The fraction of sp³-hybridized carbons (Fsp3) is 0.133. The smallest absolute Gasteiger partial charge is 0.308 e. The molecule has 0 radical (unpaired) electrons. The first-order chi connectivity index (χ1) is 31.9. The summed E-state index contributed by atoms with van der Waals surface area (Å²) >= 11 is 0. The molecule has 0 aliphatic carbocycles. The van der Waals surface area contributed by atoms with Crippen LogP contribution in [-0.2, 0) is 11.1 Å². The number of hydrogen-bond donors (Lipinski definition) is 0. The number of rotatable bonds is 4. The number of hydrogen-bond acceptors (Lipinski definition) is 1. The van der Waals surface area contributed by atoms with Crippen LogP contribution in [0.4, 0.5) is 17.2 Å². The van der Waals surface area contributed by atoms with Crippen LogP contribution in [0.25, 0.3) is 66.5 Å². The van der Waals surface area contributed by atoms with Crippen LogP contribution in [0.2, 0.25) is 0 Å². The third-order valence-corrected chi connectivity index (χ3v) is 16.5. The van der Waals surface area contributed by atoms with Gasteiger partial charge in [-0.05, 0) is 76.9 Å². The molecule has 16 rings (SSSR count). The van der Waals surface area contributed by atoms with Gasteiger partial charge >= 0.3 is 5.66 Å². The van der Waals surface area contributed by atoms with E-state index < -0.39 is 5.66 Å². The van der Waals surface area contributed by atoms with Crippen molar-refractivity contribution in [2.75, 3.05) is 4.90 Å². The van der Waals surface area contributed by atoms with Gasteiger partial charge in [-0.1, -0.05) is 137 Å². The average molecular weight is 834 g/mol. The van der Waals surface area contributed by atoms with Gasteiger partial charge in [-0.2, -0.15) is 18.6 Å². The Morgan fingerprint density at radius 3 is 1.68 bits per heavy atom. The lowest BCUT2D eigenvalue weighted by Crippen LogP contribution is -2.76. The molecule has 0 saturated carbocycles. The molecular weight excluding hydrogens is 791 g/mol. The Hall–Kier alpha value is -7.76. The molecule has 5 heteroatoms. The zero-order valence-corrected chi connectivity index (χ0v) is 36.6. The molecule has 1 spiro atoms. The fourth-order valence-electron chi connectivity index (χ4n) is 13.6. The summed E-state index contributed by atoms with van der Waals surface area (Å²) in [6, 6.07) is 67.3. The van der Waals surface area contributed by atoms with E-state index >= 15 is 0 Å². The molecule has 3 atom stereocenters. The molecule has 5 nitrogen and oxygen atoms in total. The standard InChI is InChI=1S/C60H43N5/c1-34(36-17-7-5-8-18-36)38-29-50-51-30-39(35(2)37-19-9-6-10-20-37)32-53-63-48-26-16-13-23-44(48)59(3,4)45-33-43-41-22-12-14-24-46(41)61-49-28-27-42-40-21-11-15-25-47(40)62-52(31-38)64(50)60(65(51)53,54(49)56(42)62)55(57(43)61)58(45)63/h5-35H,1-4H3/q+2. The van der Waals surface area contributed by atoms with Crippen molar-refractivity contribution in [3.8, 4) is 22.9 Å². The van der Waals surface area contributed by atoms with Gasteiger partial charge in [0.25, 0.3) is 11.6 Å². The van der Waals surface area contributed by atoms with Crippen LogP contribution in [0.15, 0.2) is 176 Å². The highest BCUT2D eigenvalue weighted by Gasteiger charge is 2.71. The minimum atomic E-state index is -0.746. The molecule has 0 amide bonds. The molecule has 0 bridgehead atoms. The van der Waals surface area contributed by atoms with Crippen molar-refractivity contribution in [3.63, 3.8) is 0 Å². The molecule has 5 aliphatic heterocycles. The fourth-order valence-corrected chi connectivity index (χ4v) is 13.6. The van der Waals surface area contributed by atoms with Crippen LogP contribution in [0.3, 0.4) is 0 Å². The molecule has 0 fully saturated rings. The molecule has 3 unspecified atom stereocenters. The summed E-state index contributed by atoms with van der Waals surface area (Å²) in [5.74, 6) is 2.74. The highest BCUT2D eigenvalue weighted by molar-refractivity contribution is 6.17. The third kappa shape index (κ3) is 3.74. The SMILES string of the molecule is CC(c1ccccc1)c1cc2[n+]3c(c1)N1c4ccccc4C(C)(C)c4cc5c6ccccc6n6c5c(c41)C31c3c-6ccc4c5ccccc5n(c34)-c3cc(C(C)c4ccccc4)cc-2[n+]31. The second-order valence-electron chi connectivity index (χ2n) is 19.8. The van der Waals surface area contributed by atoms with Gasteiger partial charge in [-0.15, -0.1) is 0 Å². The van der Waals surface area contributed by atoms with Crippen LogP contribution >= 0.6 is 0 Å². The van der Waals surface area contributed by atoms with Gasteiger partial charge in [0, 0.05) is 62.1 Å². The highest BCUT2D eigenvalue weighted by Crippen LogP contribution is 2.64. The molecule has 11 aromatic rings. The van der Waals surface area contributed by atoms with Gasteiger partial charge in [0.05, 0.1) is 16.7 Å². The van der Waals surface area contributed by atoms with Crippen LogP contribution in [0, 0.1) is 0 Å². The molecule has 306 valence electrons. The Morgan fingerprint density at radius 1 is 0.431 bits per heavy atom. The van der Waals surface area contributed by atoms with E-state index in [-0.39, 0.29) is 17.3 Å². The van der Waals surface area contributed by atoms with Crippen LogP contribution in [-0.4, -0.2) is 9.13 Å². The molecule has 9 heterocycles. The summed E-state index contributed by atoms with van der Waals surface area (Å²) in [6.45, 7) is 9.69. The van der Waals surface area contributed by atoms with E-state index in [2.05, 4.69) is 227 Å². The second-order valence-corrected chi connectivity index (χ2v) is 19.8. The Morgan fingerprint density at radius 2 is 0.985 bits per heavy atom. The van der Waals surface area contributed by atoms with Crippen molar-refractivity contribution in [2.45, 2.75) is 50.6 Å². The molecular formula is C60H43N5+2. The van der Waals surface area contributed by atoms with E-state index in [1.807, 2.05) is 0 Å². The molecule has 65 heavy (non-hydrogen) atoms. The van der Waals surface area contributed by atoms with Crippen molar-refractivity contribution in [1.82, 2.24) is 9.13 Å². The lowest BCUT2D eigenvalue weighted by atomic mass is 9.69. The molecule has 0 N–H and O–H groups in total. The second kappa shape index (κ2) is 11.3. The highest BCUT2D eigenvalue weighted by atomic mass is 15.5. The summed E-state index contributed by atoms with van der Waals surface area (Å²) in [7, 11) is 0. The summed E-state index contributed by atoms with van der Waals surface area (Å²) in [5.41, 5.74) is 21.1. The summed E-state index contributed by atoms with van der Waals surface area (Å²) in [5, 5.41) is 5.19. The zero-order chi connectivity index (χ0) is 42.8. The van der Waals surface area contributed by atoms with Crippen molar-refractivity contribution in [2.24, 2.45) is 0 Å². The maximum atomic E-state index is 2.80. The van der Waals surface area contributed by atoms with Gasteiger partial charge < -0.3 is 4.57 Å². The zero-order valence-electron chi connectivity index (χ0n) is 36.6. The number of pyridine rings is 2. The number of nitrogens with zero attached hydrogens (tertiary/aromatic N) is 5. The summed E-state index contributed by atoms with van der Waals surface area (Å²) < 4.78 is 10.9. The summed E-state index contributed by atoms with van der Waals surface area (Å²) in [4.78, 5) is 2.68. The Bertz CT molecular complexity index is 4020. The minimum Gasteiger partial charge on any atom is -0.308 e. The van der Waals surface area contributed by atoms with E-state index in [1.165, 1.54) is 128 Å². The Balaban J connectivity index is 1.19. The molecule has 0 saturated heterocycles. The molecule has 5 aliphatic rings. The van der Waals surface area contributed by atoms with E-state index in [4.69, 9.17) is 0 Å². The largest absolute Gasteiger partial charge is 0.319 e. The normalized spacial score (nSPS) is 17.9. The summed E-state index contributed by atoms with van der Waals surface area (Å²) in [6.07, 6.45) is 0. The first kappa shape index (κ1) is 34.7. The minimum absolute atomic E-state index is 0.157. The number of fused-ring (bicyclic) bond motifs is 12. The van der Waals surface area contributed by atoms with Crippen LogP contribution in [0.5, 0.6) is 0 Å². The van der Waals surface area contributed by atoms with Gasteiger partial charge in [0.2, 0.25) is 0 Å². The monoisotopic (exact) mass is 833 g/mol. The van der Waals surface area contributed by atoms with E-state index in [0.29, 0.717) is 0 Å². The molecule has 4 aromatic heterocycles.